The maximum atomic E-state index is 11.8. The number of H-pyrrole nitrogens is 1. The van der Waals surface area contributed by atoms with E-state index in [0.717, 1.165) is 11.0 Å². The maximum absolute atomic E-state index is 11.8. The van der Waals surface area contributed by atoms with E-state index in [1.165, 1.54) is 7.11 Å². The molecule has 0 spiro atoms. The van der Waals surface area contributed by atoms with E-state index in [-0.39, 0.29) is 22.5 Å². The Morgan fingerprint density at radius 2 is 1.91 bits per heavy atom. The number of methoxy groups -OCH3 is 1. The van der Waals surface area contributed by atoms with E-state index in [1.807, 2.05) is 24.3 Å². The number of rotatable bonds is 3. The molecule has 7 heteroatoms. The molecule has 23 heavy (non-hydrogen) atoms. The number of carbonyl (C=O) groups excluding carboxylic acids is 1. The van der Waals surface area contributed by atoms with Crippen LogP contribution in [-0.4, -0.2) is 32.1 Å². The number of para-hydroxylation sites is 3. The highest BCUT2D eigenvalue weighted by Gasteiger charge is 2.19. The zero-order valence-corrected chi connectivity index (χ0v) is 13.0. The summed E-state index contributed by atoms with van der Waals surface area (Å²) in [6.07, 6.45) is 0. The molecule has 2 aromatic carbocycles. The zero-order chi connectivity index (χ0) is 16.4. The number of aromatic amines is 1. The van der Waals surface area contributed by atoms with Crippen LogP contribution < -0.4 is 5.73 Å². The lowest BCUT2D eigenvalue weighted by Crippen LogP contribution is -2.13. The lowest BCUT2D eigenvalue weighted by atomic mass is 10.0. The van der Waals surface area contributed by atoms with Gasteiger partial charge in [0.1, 0.15) is 16.1 Å². The molecule has 0 radical (unpaired) electrons. The smallest absolute Gasteiger partial charge is 0.339 e. The van der Waals surface area contributed by atoms with E-state index in [2.05, 4.69) is 9.97 Å². The monoisotopic (exact) mass is 327 g/mol. The zero-order valence-electron chi connectivity index (χ0n) is 12.2. The minimum atomic E-state index is -0.552. The average molecular weight is 327 g/mol. The summed E-state index contributed by atoms with van der Waals surface area (Å²) in [5.41, 5.74) is 8.47. The Labute approximate surface area is 135 Å². The van der Waals surface area contributed by atoms with Crippen molar-refractivity contribution in [3.8, 4) is 0 Å². The molecule has 0 aliphatic carbocycles. The van der Waals surface area contributed by atoms with E-state index < -0.39 is 5.97 Å². The minimum absolute atomic E-state index is 0.193. The van der Waals surface area contributed by atoms with Crippen LogP contribution in [-0.2, 0) is 16.0 Å². The summed E-state index contributed by atoms with van der Waals surface area (Å²) in [5, 5.41) is 0. The van der Waals surface area contributed by atoms with E-state index in [4.69, 9.17) is 10.5 Å². The Balaban J connectivity index is 2.15. The second-order valence-corrected chi connectivity index (χ2v) is 5.35. The number of nitrogens with one attached hydrogen (secondary N) is 1. The predicted molar refractivity (Wildman–Crippen MR) is 89.6 cm³/mol. The van der Waals surface area contributed by atoms with Crippen molar-refractivity contribution < 1.29 is 13.7 Å². The maximum Gasteiger partial charge on any atom is 0.339 e. The number of aromatic nitrogens is 2. The third-order valence-electron chi connectivity index (χ3n) is 3.44. The summed E-state index contributed by atoms with van der Waals surface area (Å²) >= 11 is 0.274. The van der Waals surface area contributed by atoms with Gasteiger partial charge < -0.3 is 15.5 Å². The van der Waals surface area contributed by atoms with Gasteiger partial charge in [-0.1, -0.05) is 24.3 Å². The largest absolute Gasteiger partial charge is 0.465 e. The molecule has 0 bridgehead atoms. The van der Waals surface area contributed by atoms with Gasteiger partial charge in [0.15, 0.2) is 5.82 Å². The number of nitrogens with zero attached hydrogens (tertiary/aromatic N) is 1. The molecule has 116 valence electrons. The summed E-state index contributed by atoms with van der Waals surface area (Å²) in [4.78, 5) is 19.6. The molecule has 0 fully saturated rings. The first-order valence-electron chi connectivity index (χ1n) is 6.74. The van der Waals surface area contributed by atoms with Gasteiger partial charge in [0.25, 0.3) is 0 Å². The second-order valence-electron chi connectivity index (χ2n) is 4.77. The fourth-order valence-electron chi connectivity index (χ4n) is 2.32. The number of fused-ring (bicyclic) bond motifs is 1. The van der Waals surface area contributed by atoms with Gasteiger partial charge >= 0.3 is 5.97 Å². The molecule has 3 rings (SSSR count). The van der Waals surface area contributed by atoms with Crippen molar-refractivity contribution in [2.24, 2.45) is 0 Å². The van der Waals surface area contributed by atoms with E-state index in [0.29, 0.717) is 16.3 Å². The fourth-order valence-corrected chi connectivity index (χ4v) is 2.77. The molecule has 0 aliphatic heterocycles. The quantitative estimate of drug-likeness (QED) is 0.330. The molecule has 0 atom stereocenters. The van der Waals surface area contributed by atoms with Crippen molar-refractivity contribution in [1.82, 2.24) is 9.97 Å². The van der Waals surface area contributed by atoms with Gasteiger partial charge in [-0.2, -0.15) is 0 Å². The second kappa shape index (κ2) is 6.05. The lowest BCUT2D eigenvalue weighted by Gasteiger charge is -2.09. The minimum Gasteiger partial charge on any atom is -0.465 e. The SMILES string of the molecule is COC(=O)c1cccc(C(=S=O)c2nc3ccccc3[nH]2)c1N. The number of nitrogens with two attached hydrogens (primary N) is 1. The Hall–Kier alpha value is -2.93. The van der Waals surface area contributed by atoms with Crippen LogP contribution >= 0.6 is 0 Å². The van der Waals surface area contributed by atoms with Crippen LogP contribution in [0.25, 0.3) is 11.0 Å². The molecular formula is C16H13N3O3S. The number of anilines is 1. The van der Waals surface area contributed by atoms with E-state index in [9.17, 15) is 9.00 Å². The number of esters is 1. The van der Waals surface area contributed by atoms with Crippen LogP contribution in [0.5, 0.6) is 0 Å². The van der Waals surface area contributed by atoms with Gasteiger partial charge in [0.05, 0.1) is 29.4 Å². The Bertz CT molecular complexity index is 925. The predicted octanol–water partition coefficient (Wildman–Crippen LogP) is 1.71. The van der Waals surface area contributed by atoms with Crippen LogP contribution in [0, 0.1) is 0 Å². The number of hydrogen-bond acceptors (Lipinski definition) is 5. The number of ether oxygens (including phenoxy) is 1. The Morgan fingerprint density at radius 3 is 2.61 bits per heavy atom. The van der Waals surface area contributed by atoms with Gasteiger partial charge in [-0.15, -0.1) is 0 Å². The fraction of sp³-hybridized carbons (Fsp3) is 0.0625. The van der Waals surface area contributed by atoms with Gasteiger partial charge in [-0.3, -0.25) is 0 Å². The van der Waals surface area contributed by atoms with E-state index in [1.54, 1.807) is 18.2 Å². The molecule has 3 aromatic rings. The highest BCUT2D eigenvalue weighted by Crippen LogP contribution is 2.22. The van der Waals surface area contributed by atoms with Crippen molar-refractivity contribution in [1.29, 1.82) is 0 Å². The van der Waals surface area contributed by atoms with E-state index >= 15 is 0 Å². The normalized spacial score (nSPS) is 10.5. The van der Waals surface area contributed by atoms with Gasteiger partial charge in [0.2, 0.25) is 0 Å². The summed E-state index contributed by atoms with van der Waals surface area (Å²) in [7, 11) is 1.28. The van der Waals surface area contributed by atoms with Crippen LogP contribution in [0.2, 0.25) is 0 Å². The van der Waals surface area contributed by atoms with Crippen molar-refractivity contribution in [2.45, 2.75) is 0 Å². The summed E-state index contributed by atoms with van der Waals surface area (Å²) in [5.74, 6) is -0.135. The van der Waals surface area contributed by atoms with Gasteiger partial charge in [-0.05, 0) is 18.2 Å². The number of nitrogen functional groups attached to an aromatic ring is 1. The highest BCUT2D eigenvalue weighted by molar-refractivity contribution is 7.67. The first-order chi connectivity index (χ1) is 11.2. The van der Waals surface area contributed by atoms with Crippen molar-refractivity contribution in [3.05, 3.63) is 59.4 Å². The molecule has 0 unspecified atom stereocenters. The average Bonchev–Trinajstić information content (AvgIpc) is 3.00. The molecule has 1 aromatic heterocycles. The molecule has 0 amide bonds. The first-order valence-corrected chi connectivity index (χ1v) is 7.49. The lowest BCUT2D eigenvalue weighted by molar-refractivity contribution is 0.0602. The van der Waals surface area contributed by atoms with Crippen molar-refractivity contribution in [2.75, 3.05) is 12.8 Å². The summed E-state index contributed by atoms with van der Waals surface area (Å²) < 4.78 is 16.4. The topological polar surface area (TPSA) is 98.1 Å². The number of imidazole rings is 1. The first kappa shape index (κ1) is 15.0. The standard InChI is InChI=1S/C16H13N3O3S/c1-22-16(20)10-6-4-5-9(13(10)17)14(23-21)15-18-11-7-2-3-8-12(11)19-15/h2-8H,17H2,1H3,(H,18,19). The van der Waals surface area contributed by atoms with Crippen LogP contribution in [0.3, 0.4) is 0 Å². The van der Waals surface area contributed by atoms with Crippen LogP contribution in [0.1, 0.15) is 21.7 Å². The third-order valence-corrected chi connectivity index (χ3v) is 4.02. The Kier molecular flexibility index (Phi) is 3.94. The van der Waals surface area contributed by atoms with Crippen LogP contribution in [0.4, 0.5) is 5.69 Å². The molecule has 0 aliphatic rings. The van der Waals surface area contributed by atoms with Crippen LogP contribution in [0.15, 0.2) is 42.5 Å². The molecule has 0 saturated carbocycles. The molecular weight excluding hydrogens is 314 g/mol. The van der Waals surface area contributed by atoms with Gasteiger partial charge in [-0.25, -0.2) is 14.0 Å². The molecule has 3 N–H and O–H groups in total. The number of benzene rings is 2. The molecule has 1 heterocycles. The third kappa shape index (κ3) is 2.62. The number of hydrogen-bond donors (Lipinski definition) is 2. The van der Waals surface area contributed by atoms with Crippen molar-refractivity contribution in [3.63, 3.8) is 0 Å². The molecule has 6 nitrogen and oxygen atoms in total. The Morgan fingerprint density at radius 1 is 1.17 bits per heavy atom. The van der Waals surface area contributed by atoms with Gasteiger partial charge in [0, 0.05) is 5.56 Å². The molecule has 0 saturated heterocycles. The van der Waals surface area contributed by atoms with Crippen molar-refractivity contribution >= 4 is 38.8 Å². The summed E-state index contributed by atoms with van der Waals surface area (Å²) in [6.45, 7) is 0. The summed E-state index contributed by atoms with van der Waals surface area (Å²) in [6, 6.07) is 12.3. The number of carbonyl (C=O) groups is 1. The highest BCUT2D eigenvalue weighted by atomic mass is 32.1.